The minimum absolute atomic E-state index is 0.0549. The van der Waals surface area contributed by atoms with Crippen LogP contribution in [0.25, 0.3) is 0 Å². The number of allylic oxidation sites excluding steroid dienone is 12. The SMILES string of the molecule is CCC=CCC=CCC=CCC=CCC=CCC=CCCCOC(CC)C(=O)NC(CC(C)C)C(=O)Oc1ccccc1C(=O)O. The van der Waals surface area contributed by atoms with Gasteiger partial charge in [0.2, 0.25) is 5.91 Å². The highest BCUT2D eigenvalue weighted by atomic mass is 16.5. The van der Waals surface area contributed by atoms with Gasteiger partial charge in [-0.25, -0.2) is 9.59 Å². The Balaban J connectivity index is 2.33. The Hall–Kier alpha value is -3.97. The van der Waals surface area contributed by atoms with Gasteiger partial charge in [0.25, 0.3) is 0 Å². The van der Waals surface area contributed by atoms with Gasteiger partial charge >= 0.3 is 11.9 Å². The average molecular weight is 634 g/mol. The molecular formula is C39H55NO6. The van der Waals surface area contributed by atoms with Gasteiger partial charge in [0.05, 0.1) is 0 Å². The van der Waals surface area contributed by atoms with E-state index in [9.17, 15) is 19.5 Å². The van der Waals surface area contributed by atoms with E-state index in [1.165, 1.54) is 12.1 Å². The lowest BCUT2D eigenvalue weighted by molar-refractivity contribution is -0.143. The van der Waals surface area contributed by atoms with Gasteiger partial charge < -0.3 is 19.9 Å². The van der Waals surface area contributed by atoms with Crippen molar-refractivity contribution >= 4 is 17.8 Å². The number of unbranched alkanes of at least 4 members (excludes halogenated alkanes) is 1. The lowest BCUT2D eigenvalue weighted by Crippen LogP contribution is -2.48. The average Bonchev–Trinajstić information content (AvgIpc) is 3.03. The number of esters is 1. The molecule has 0 aliphatic carbocycles. The Morgan fingerprint density at radius 3 is 1.80 bits per heavy atom. The monoisotopic (exact) mass is 633 g/mol. The number of carbonyl (C=O) groups is 3. The molecule has 0 aromatic heterocycles. The molecule has 0 aliphatic heterocycles. The summed E-state index contributed by atoms with van der Waals surface area (Å²) in [5, 5.41) is 12.1. The van der Waals surface area contributed by atoms with E-state index in [0.29, 0.717) is 19.4 Å². The summed E-state index contributed by atoms with van der Waals surface area (Å²) in [4.78, 5) is 37.4. The van der Waals surface area contributed by atoms with E-state index in [1.807, 2.05) is 20.8 Å². The van der Waals surface area contributed by atoms with Crippen LogP contribution in [0.3, 0.4) is 0 Å². The number of para-hydroxylation sites is 1. The number of hydrogen-bond acceptors (Lipinski definition) is 5. The van der Waals surface area contributed by atoms with Crippen LogP contribution >= 0.6 is 0 Å². The molecular weight excluding hydrogens is 578 g/mol. The minimum Gasteiger partial charge on any atom is -0.478 e. The van der Waals surface area contributed by atoms with Crippen LogP contribution in [0.4, 0.5) is 0 Å². The number of hydrogen-bond donors (Lipinski definition) is 2. The molecule has 0 aliphatic rings. The Morgan fingerprint density at radius 1 is 0.783 bits per heavy atom. The van der Waals surface area contributed by atoms with E-state index in [4.69, 9.17) is 9.47 Å². The zero-order chi connectivity index (χ0) is 33.8. The molecule has 1 aromatic carbocycles. The first kappa shape index (κ1) is 40.1. The van der Waals surface area contributed by atoms with E-state index in [-0.39, 0.29) is 23.1 Å². The van der Waals surface area contributed by atoms with Crippen LogP contribution in [-0.2, 0) is 14.3 Å². The molecule has 2 atom stereocenters. The second-order valence-electron chi connectivity index (χ2n) is 11.2. The summed E-state index contributed by atoms with van der Waals surface area (Å²) >= 11 is 0. The van der Waals surface area contributed by atoms with Crippen LogP contribution in [0.2, 0.25) is 0 Å². The fourth-order valence-corrected chi connectivity index (χ4v) is 4.31. The fraction of sp³-hybridized carbons (Fsp3) is 0.462. The predicted molar refractivity (Wildman–Crippen MR) is 188 cm³/mol. The summed E-state index contributed by atoms with van der Waals surface area (Å²) in [6.07, 6.45) is 33.7. The first-order chi connectivity index (χ1) is 22.3. The maximum absolute atomic E-state index is 13.0. The van der Waals surface area contributed by atoms with Gasteiger partial charge in [-0.2, -0.15) is 0 Å². The summed E-state index contributed by atoms with van der Waals surface area (Å²) in [5.41, 5.74) is -0.118. The molecule has 252 valence electrons. The number of amides is 1. The highest BCUT2D eigenvalue weighted by molar-refractivity contribution is 5.93. The molecule has 0 fully saturated rings. The molecule has 46 heavy (non-hydrogen) atoms. The predicted octanol–water partition coefficient (Wildman–Crippen LogP) is 9.09. The number of rotatable bonds is 24. The van der Waals surface area contributed by atoms with Crippen molar-refractivity contribution in [1.29, 1.82) is 0 Å². The van der Waals surface area contributed by atoms with Gasteiger partial charge in [-0.15, -0.1) is 0 Å². The van der Waals surface area contributed by atoms with E-state index < -0.39 is 24.1 Å². The largest absolute Gasteiger partial charge is 0.478 e. The molecule has 0 radical (unpaired) electrons. The highest BCUT2D eigenvalue weighted by Gasteiger charge is 2.28. The summed E-state index contributed by atoms with van der Waals surface area (Å²) in [7, 11) is 0. The lowest BCUT2D eigenvalue weighted by Gasteiger charge is -2.23. The first-order valence-electron chi connectivity index (χ1n) is 16.7. The van der Waals surface area contributed by atoms with Crippen molar-refractivity contribution in [2.24, 2.45) is 5.92 Å². The number of aromatic carboxylic acids is 1. The molecule has 0 spiro atoms. The fourth-order valence-electron chi connectivity index (χ4n) is 4.31. The molecule has 0 heterocycles. The molecule has 1 amide bonds. The number of nitrogens with one attached hydrogen (secondary N) is 1. The van der Waals surface area contributed by atoms with Crippen molar-refractivity contribution in [2.75, 3.05) is 6.61 Å². The standard InChI is InChI=1S/C39H55NO6/c1-5-7-8-9-10-11-12-13-14-15-16-17-18-19-20-21-22-23-24-27-30-45-35(6-2)37(41)40-34(31-32(3)4)39(44)46-36-29-26-25-28-33(36)38(42)43/h7-8,10-11,13-14,16-17,19-20,22-23,25-26,28-29,32,34-35H,5-6,9,12,15,18,21,24,27,30-31H2,1-4H3,(H,40,41)(H,42,43). The second-order valence-corrected chi connectivity index (χ2v) is 11.2. The van der Waals surface area contributed by atoms with Crippen LogP contribution < -0.4 is 10.1 Å². The zero-order valence-corrected chi connectivity index (χ0v) is 28.2. The van der Waals surface area contributed by atoms with Gasteiger partial charge in [0.15, 0.2) is 0 Å². The van der Waals surface area contributed by atoms with E-state index in [2.05, 4.69) is 85.2 Å². The number of carboxylic acids is 1. The zero-order valence-electron chi connectivity index (χ0n) is 28.2. The smallest absolute Gasteiger partial charge is 0.339 e. The van der Waals surface area contributed by atoms with Crippen molar-refractivity contribution in [3.05, 3.63) is 103 Å². The summed E-state index contributed by atoms with van der Waals surface area (Å²) in [5.74, 6) is -2.25. The van der Waals surface area contributed by atoms with Crippen LogP contribution in [0, 0.1) is 5.92 Å². The molecule has 2 N–H and O–H groups in total. The topological polar surface area (TPSA) is 102 Å². The molecule has 7 heteroatoms. The van der Waals surface area contributed by atoms with Crippen LogP contribution in [0.1, 0.15) is 102 Å². The molecule has 1 rings (SSSR count). The van der Waals surface area contributed by atoms with E-state index in [0.717, 1.165) is 51.4 Å². The molecule has 7 nitrogen and oxygen atoms in total. The Morgan fingerprint density at radius 2 is 1.30 bits per heavy atom. The highest BCUT2D eigenvalue weighted by Crippen LogP contribution is 2.19. The van der Waals surface area contributed by atoms with Crippen molar-refractivity contribution < 1.29 is 29.0 Å². The number of carbonyl (C=O) groups excluding carboxylic acids is 2. The summed E-state index contributed by atoms with van der Waals surface area (Å²) < 4.78 is 11.2. The molecule has 0 saturated carbocycles. The van der Waals surface area contributed by atoms with Crippen LogP contribution in [-0.4, -0.2) is 41.7 Å². The Kier molecular flexibility index (Phi) is 22.9. The van der Waals surface area contributed by atoms with Crippen LogP contribution in [0.15, 0.2) is 97.2 Å². The Labute approximate surface area is 276 Å². The van der Waals surface area contributed by atoms with Gasteiger partial charge in [-0.1, -0.05) is 113 Å². The third-order valence-corrected chi connectivity index (χ3v) is 6.73. The van der Waals surface area contributed by atoms with Gasteiger partial charge in [-0.3, -0.25) is 4.79 Å². The van der Waals surface area contributed by atoms with Crippen molar-refractivity contribution in [1.82, 2.24) is 5.32 Å². The minimum atomic E-state index is -1.20. The molecule has 0 bridgehead atoms. The van der Waals surface area contributed by atoms with Gasteiger partial charge in [0, 0.05) is 6.61 Å². The van der Waals surface area contributed by atoms with Gasteiger partial charge in [0.1, 0.15) is 23.5 Å². The molecule has 0 saturated heterocycles. The second kappa shape index (κ2) is 26.3. The van der Waals surface area contributed by atoms with Crippen LogP contribution in [0.5, 0.6) is 5.75 Å². The Bertz CT molecular complexity index is 1190. The van der Waals surface area contributed by atoms with Crippen molar-refractivity contribution in [2.45, 2.75) is 104 Å². The van der Waals surface area contributed by atoms with E-state index >= 15 is 0 Å². The third kappa shape index (κ3) is 19.4. The first-order valence-corrected chi connectivity index (χ1v) is 16.7. The van der Waals surface area contributed by atoms with Crippen molar-refractivity contribution in [3.63, 3.8) is 0 Å². The lowest BCUT2D eigenvalue weighted by atomic mass is 10.0. The quantitative estimate of drug-likeness (QED) is 0.0510. The number of carboxylic acid groups (broad SMARTS) is 1. The molecule has 1 aromatic rings. The van der Waals surface area contributed by atoms with Crippen molar-refractivity contribution in [3.8, 4) is 5.75 Å². The number of ether oxygens (including phenoxy) is 2. The number of benzene rings is 1. The van der Waals surface area contributed by atoms with Gasteiger partial charge in [-0.05, 0) is 82.3 Å². The van der Waals surface area contributed by atoms with E-state index in [1.54, 1.807) is 12.1 Å². The normalized spacial score (nSPS) is 13.7. The maximum atomic E-state index is 13.0. The maximum Gasteiger partial charge on any atom is 0.339 e. The third-order valence-electron chi connectivity index (χ3n) is 6.73. The molecule has 2 unspecified atom stereocenters. The summed E-state index contributed by atoms with van der Waals surface area (Å²) in [6.45, 7) is 8.28. The summed E-state index contributed by atoms with van der Waals surface area (Å²) in [6, 6.07) is 5.00.